The smallest absolute Gasteiger partial charge is 0.391 e. The van der Waals surface area contributed by atoms with E-state index >= 15 is 0 Å². The lowest BCUT2D eigenvalue weighted by atomic mass is 10.1. The lowest BCUT2D eigenvalue weighted by Gasteiger charge is -2.21. The molecule has 8 nitrogen and oxygen atoms in total. The number of hydrogen-bond acceptors (Lipinski definition) is 6. The minimum atomic E-state index is -4.42. The fraction of sp³-hybridized carbons (Fsp3) is 0.200. The van der Waals surface area contributed by atoms with Gasteiger partial charge in [0.1, 0.15) is 6.04 Å². The molecule has 214 valence electrons. The van der Waals surface area contributed by atoms with Crippen molar-refractivity contribution in [3.05, 3.63) is 107 Å². The molecule has 11 heteroatoms. The average Bonchev–Trinajstić information content (AvgIpc) is 2.95. The Labute approximate surface area is 235 Å². The molecule has 2 atom stereocenters. The quantitative estimate of drug-likeness (QED) is 0.127. The van der Waals surface area contributed by atoms with Crippen molar-refractivity contribution in [1.29, 1.82) is 0 Å². The number of rotatable bonds is 10. The highest BCUT2D eigenvalue weighted by molar-refractivity contribution is 5.92. The van der Waals surface area contributed by atoms with Gasteiger partial charge in [-0.15, -0.1) is 0 Å². The zero-order chi connectivity index (χ0) is 30.0. The second-order valence-electron chi connectivity index (χ2n) is 9.07. The van der Waals surface area contributed by atoms with Gasteiger partial charge in [-0.1, -0.05) is 48.8 Å². The maximum Gasteiger partial charge on any atom is 0.416 e. The summed E-state index contributed by atoms with van der Waals surface area (Å²) in [4.78, 5) is 23.9. The monoisotopic (exact) mass is 566 g/mol. The van der Waals surface area contributed by atoms with Gasteiger partial charge < -0.3 is 21.1 Å². The molecule has 0 aliphatic carbocycles. The lowest BCUT2D eigenvalue weighted by Crippen LogP contribution is -2.48. The summed E-state index contributed by atoms with van der Waals surface area (Å²) in [6, 6.07) is 17.7. The first-order valence-electron chi connectivity index (χ1n) is 12.4. The molecule has 0 aliphatic heterocycles. The van der Waals surface area contributed by atoms with Crippen LogP contribution in [0, 0.1) is 11.8 Å². The number of aliphatic hydroxyl groups is 1. The van der Waals surface area contributed by atoms with E-state index in [9.17, 15) is 27.9 Å². The maximum absolute atomic E-state index is 12.8. The van der Waals surface area contributed by atoms with Crippen molar-refractivity contribution in [2.75, 3.05) is 11.9 Å². The van der Waals surface area contributed by atoms with Crippen LogP contribution >= 0.6 is 0 Å². The van der Waals surface area contributed by atoms with Gasteiger partial charge in [-0.3, -0.25) is 14.8 Å². The number of nitrogens with one attached hydrogen (secondary N) is 4. The normalized spacial score (nSPS) is 12.3. The van der Waals surface area contributed by atoms with E-state index in [0.717, 1.165) is 12.1 Å². The van der Waals surface area contributed by atoms with Crippen LogP contribution in [-0.4, -0.2) is 40.8 Å². The van der Waals surface area contributed by atoms with Crippen molar-refractivity contribution in [1.82, 2.24) is 16.1 Å². The van der Waals surface area contributed by atoms with Gasteiger partial charge in [-0.2, -0.15) is 13.2 Å². The van der Waals surface area contributed by atoms with Crippen molar-refractivity contribution in [3.63, 3.8) is 0 Å². The van der Waals surface area contributed by atoms with Crippen LogP contribution in [0.25, 0.3) is 5.70 Å². The molecule has 0 aliphatic rings. The molecular formula is C30H29F3N4O4. The maximum atomic E-state index is 12.8. The lowest BCUT2D eigenvalue weighted by molar-refractivity contribution is -0.137. The fourth-order valence-corrected chi connectivity index (χ4v) is 3.66. The molecule has 41 heavy (non-hydrogen) atoms. The third-order valence-electron chi connectivity index (χ3n) is 5.83. The topological polar surface area (TPSA) is 123 Å². The van der Waals surface area contributed by atoms with Crippen LogP contribution in [0.1, 0.15) is 34.7 Å². The number of carbonyl (C=O) groups excluding carboxylic acids is 2. The molecule has 0 unspecified atom stereocenters. The molecule has 2 amide bonds. The van der Waals surface area contributed by atoms with Gasteiger partial charge in [0, 0.05) is 29.1 Å². The van der Waals surface area contributed by atoms with Crippen molar-refractivity contribution in [2.24, 2.45) is 0 Å². The van der Waals surface area contributed by atoms with Gasteiger partial charge in [0.2, 0.25) is 5.91 Å². The number of halogens is 3. The Balaban J connectivity index is 1.50. The Hall–Kier alpha value is -4.63. The summed E-state index contributed by atoms with van der Waals surface area (Å²) in [7, 11) is 0. The summed E-state index contributed by atoms with van der Waals surface area (Å²) >= 11 is 0. The van der Waals surface area contributed by atoms with Crippen LogP contribution in [0.15, 0.2) is 79.4 Å². The van der Waals surface area contributed by atoms with Crippen LogP contribution < -0.4 is 21.4 Å². The number of alkyl halides is 3. The van der Waals surface area contributed by atoms with Crippen LogP contribution in [0.3, 0.4) is 0 Å². The van der Waals surface area contributed by atoms with E-state index in [1.165, 1.54) is 18.5 Å². The fourth-order valence-electron chi connectivity index (χ4n) is 3.66. The van der Waals surface area contributed by atoms with Gasteiger partial charge in [0.05, 0.1) is 18.2 Å². The van der Waals surface area contributed by atoms with Crippen LogP contribution in [-0.2, 0) is 22.3 Å². The van der Waals surface area contributed by atoms with E-state index in [4.69, 9.17) is 5.21 Å². The molecule has 0 saturated carbocycles. The first-order chi connectivity index (χ1) is 19.5. The predicted molar refractivity (Wildman–Crippen MR) is 148 cm³/mol. The van der Waals surface area contributed by atoms with Gasteiger partial charge in [0.15, 0.2) is 0 Å². The minimum Gasteiger partial charge on any atom is -0.391 e. The number of carbonyl (C=O) groups is 2. The summed E-state index contributed by atoms with van der Waals surface area (Å²) < 4.78 is 38.5. The highest BCUT2D eigenvalue weighted by Crippen LogP contribution is 2.29. The molecule has 3 aromatic rings. The third-order valence-corrected chi connectivity index (χ3v) is 5.83. The standard InChI is InChI=1S/C30H29F3N4O4/c1-19(35-28(20(2)38)29(40)37-41)24-12-8-21(9-13-24)6-7-22-10-14-26(15-11-22)36-27(39)18-34-17-23-4-3-5-25(16-23)30(31,32)33/h3-5,8-16,20,28,34-35,38,41H,1,17-18H2,2H3,(H,36,39)(H,37,40)/t20-,28+/m1/s1. The Morgan fingerprint density at radius 3 is 2.15 bits per heavy atom. The van der Waals surface area contributed by atoms with Crippen molar-refractivity contribution >= 4 is 23.2 Å². The summed E-state index contributed by atoms with van der Waals surface area (Å²) in [5, 5.41) is 26.9. The van der Waals surface area contributed by atoms with Crippen LogP contribution in [0.4, 0.5) is 18.9 Å². The SMILES string of the molecule is C=C(N[C@H](C(=O)NO)[C@@H](C)O)c1ccc(C#Cc2ccc(NC(=O)CNCc3cccc(C(F)(F)F)c3)cc2)cc1. The van der Waals surface area contributed by atoms with Crippen LogP contribution in [0.2, 0.25) is 0 Å². The molecule has 0 aromatic heterocycles. The first-order valence-corrected chi connectivity index (χ1v) is 12.4. The highest BCUT2D eigenvalue weighted by Gasteiger charge is 2.30. The van der Waals surface area contributed by atoms with Crippen molar-refractivity contribution in [2.45, 2.75) is 31.8 Å². The highest BCUT2D eigenvalue weighted by atomic mass is 19.4. The Kier molecular flexibility index (Phi) is 10.7. The largest absolute Gasteiger partial charge is 0.416 e. The van der Waals surface area contributed by atoms with E-state index in [2.05, 4.69) is 34.4 Å². The van der Waals surface area contributed by atoms with Gasteiger partial charge in [-0.25, -0.2) is 5.48 Å². The number of hydroxylamine groups is 1. The number of amides is 2. The Morgan fingerprint density at radius 1 is 0.976 bits per heavy atom. The molecule has 0 radical (unpaired) electrons. The minimum absolute atomic E-state index is 0.0793. The molecule has 0 fully saturated rings. The Bertz CT molecular complexity index is 1430. The predicted octanol–water partition coefficient (Wildman–Crippen LogP) is 3.65. The average molecular weight is 567 g/mol. The zero-order valence-corrected chi connectivity index (χ0v) is 22.0. The number of hydrogen-bond donors (Lipinski definition) is 6. The van der Waals surface area contributed by atoms with Crippen LogP contribution in [0.5, 0.6) is 0 Å². The first kappa shape index (κ1) is 30.9. The van der Waals surface area contributed by atoms with E-state index in [1.54, 1.807) is 54.6 Å². The van der Waals surface area contributed by atoms with Crippen molar-refractivity contribution in [3.8, 4) is 11.8 Å². The summed E-state index contributed by atoms with van der Waals surface area (Å²) in [6.07, 6.45) is -5.49. The molecule has 0 heterocycles. The van der Waals surface area contributed by atoms with Crippen molar-refractivity contribution < 1.29 is 33.1 Å². The van der Waals surface area contributed by atoms with Gasteiger partial charge in [0.25, 0.3) is 5.91 Å². The molecule has 0 bridgehead atoms. The zero-order valence-electron chi connectivity index (χ0n) is 22.0. The van der Waals surface area contributed by atoms with E-state index < -0.39 is 29.8 Å². The Morgan fingerprint density at radius 2 is 1.59 bits per heavy atom. The molecule has 0 saturated heterocycles. The molecular weight excluding hydrogens is 537 g/mol. The van der Waals surface area contributed by atoms with E-state index in [1.807, 2.05) is 0 Å². The van der Waals surface area contributed by atoms with Gasteiger partial charge >= 0.3 is 6.18 Å². The summed E-state index contributed by atoms with van der Waals surface area (Å²) in [5.41, 5.74) is 4.19. The second kappa shape index (κ2) is 14.1. The summed E-state index contributed by atoms with van der Waals surface area (Å²) in [5.74, 6) is 4.91. The van der Waals surface area contributed by atoms with E-state index in [0.29, 0.717) is 33.6 Å². The van der Waals surface area contributed by atoms with Gasteiger partial charge in [-0.05, 0) is 60.5 Å². The third kappa shape index (κ3) is 9.51. The number of aliphatic hydroxyl groups excluding tert-OH is 1. The number of anilines is 1. The second-order valence-corrected chi connectivity index (χ2v) is 9.07. The number of benzene rings is 3. The molecule has 3 aromatic carbocycles. The molecule has 6 N–H and O–H groups in total. The summed E-state index contributed by atoms with van der Waals surface area (Å²) in [6.45, 7) is 5.31. The molecule has 0 spiro atoms. The molecule has 3 rings (SSSR count). The van der Waals surface area contributed by atoms with E-state index in [-0.39, 0.29) is 19.0 Å².